The number of nitrogens with zero attached hydrogens (tertiary/aromatic N) is 3. The fraction of sp³-hybridized carbons (Fsp3) is 0.182. The van der Waals surface area contributed by atoms with Crippen molar-refractivity contribution in [3.63, 3.8) is 0 Å². The third kappa shape index (κ3) is 4.13. The lowest BCUT2D eigenvalue weighted by Crippen LogP contribution is -2.56. The van der Waals surface area contributed by atoms with Crippen LogP contribution in [0.3, 0.4) is 0 Å². The quantitative estimate of drug-likeness (QED) is 0.395. The minimum Gasteiger partial charge on any atom is -0.322 e. The zero-order valence-corrected chi connectivity index (χ0v) is 17.7. The molecule has 182 valence electrons. The van der Waals surface area contributed by atoms with Crippen molar-refractivity contribution < 1.29 is 31.1 Å². The van der Waals surface area contributed by atoms with E-state index in [1.54, 1.807) is 36.4 Å². The maximum absolute atomic E-state index is 13.2. The minimum atomic E-state index is -5.71. The molecular formula is C22H15F6N5O2. The number of aromatic nitrogens is 4. The monoisotopic (exact) mass is 495 g/mol. The molecule has 2 N–H and O–H groups in total. The van der Waals surface area contributed by atoms with Gasteiger partial charge in [0.2, 0.25) is 5.54 Å². The summed E-state index contributed by atoms with van der Waals surface area (Å²) in [5, 5.41) is 13.0. The lowest BCUT2D eigenvalue weighted by Gasteiger charge is -2.33. The maximum Gasteiger partial charge on any atom is 0.422 e. The normalized spacial score (nSPS) is 12.7. The van der Waals surface area contributed by atoms with E-state index in [1.807, 2.05) is 0 Å². The Bertz CT molecular complexity index is 1440. The highest BCUT2D eigenvalue weighted by atomic mass is 19.4. The summed E-state index contributed by atoms with van der Waals surface area (Å²) in [5.41, 5.74) is -3.89. The summed E-state index contributed by atoms with van der Waals surface area (Å²) in [7, 11) is 0. The standard InChI is InChI=1S/C22H15F6N5O2/c1-20(21(23,24)25,22(26,27)28)33-11-13(10-29-33)18(34)30-14-8-6-12(7-9-14)17-15-4-2-3-5-16(15)19(35)32-31-17/h2-11H,1H3,(H,30,34)(H,32,35). The largest absolute Gasteiger partial charge is 0.422 e. The van der Waals surface area contributed by atoms with E-state index < -0.39 is 29.4 Å². The average Bonchev–Trinajstić information content (AvgIpc) is 3.29. The maximum atomic E-state index is 13.2. The second-order valence-electron chi connectivity index (χ2n) is 7.72. The van der Waals surface area contributed by atoms with Crippen LogP contribution in [0.15, 0.2) is 65.7 Å². The van der Waals surface area contributed by atoms with Gasteiger partial charge in [0, 0.05) is 22.8 Å². The number of carbonyl (C=O) groups excluding carboxylic acids is 1. The average molecular weight is 495 g/mol. The number of anilines is 1. The van der Waals surface area contributed by atoms with Crippen LogP contribution in [0.2, 0.25) is 0 Å². The van der Waals surface area contributed by atoms with E-state index in [-0.39, 0.29) is 22.9 Å². The van der Waals surface area contributed by atoms with Crippen molar-refractivity contribution >= 4 is 22.4 Å². The molecule has 0 radical (unpaired) electrons. The second-order valence-corrected chi connectivity index (χ2v) is 7.72. The van der Waals surface area contributed by atoms with Gasteiger partial charge in [-0.2, -0.15) is 36.5 Å². The van der Waals surface area contributed by atoms with Gasteiger partial charge in [0.25, 0.3) is 11.5 Å². The Kier molecular flexibility index (Phi) is 5.65. The first kappa shape index (κ1) is 24.0. The van der Waals surface area contributed by atoms with Crippen LogP contribution in [-0.4, -0.2) is 38.2 Å². The zero-order valence-electron chi connectivity index (χ0n) is 17.7. The molecule has 0 saturated carbocycles. The van der Waals surface area contributed by atoms with Gasteiger partial charge in [-0.05, 0) is 25.1 Å². The van der Waals surface area contributed by atoms with E-state index in [9.17, 15) is 35.9 Å². The third-order valence-corrected chi connectivity index (χ3v) is 5.52. The molecule has 2 aromatic carbocycles. The van der Waals surface area contributed by atoms with Crippen molar-refractivity contribution in [3.8, 4) is 11.3 Å². The molecule has 35 heavy (non-hydrogen) atoms. The molecule has 7 nitrogen and oxygen atoms in total. The van der Waals surface area contributed by atoms with Gasteiger partial charge in [-0.25, -0.2) is 9.78 Å². The van der Waals surface area contributed by atoms with Crippen LogP contribution in [-0.2, 0) is 5.54 Å². The molecule has 4 rings (SSSR count). The van der Waals surface area contributed by atoms with E-state index >= 15 is 0 Å². The van der Waals surface area contributed by atoms with Gasteiger partial charge < -0.3 is 5.32 Å². The highest BCUT2D eigenvalue weighted by Crippen LogP contribution is 2.48. The number of benzene rings is 2. The number of aromatic amines is 1. The molecule has 0 aliphatic carbocycles. The van der Waals surface area contributed by atoms with Crippen molar-refractivity contribution in [2.45, 2.75) is 24.8 Å². The predicted molar refractivity (Wildman–Crippen MR) is 114 cm³/mol. The first-order valence-electron chi connectivity index (χ1n) is 9.91. The van der Waals surface area contributed by atoms with E-state index in [1.165, 1.54) is 12.1 Å². The summed E-state index contributed by atoms with van der Waals surface area (Å²) in [5.74, 6) is -0.955. The Labute approximate surface area is 192 Å². The number of halogens is 6. The summed E-state index contributed by atoms with van der Waals surface area (Å²) in [4.78, 5) is 24.4. The SMILES string of the molecule is CC(n1cc(C(=O)Nc2ccc(-c3n[nH]c(=O)c4ccccc34)cc2)cn1)(C(F)(F)F)C(F)(F)F. The van der Waals surface area contributed by atoms with Crippen molar-refractivity contribution in [1.82, 2.24) is 20.0 Å². The van der Waals surface area contributed by atoms with Gasteiger partial charge in [-0.15, -0.1) is 0 Å². The number of H-pyrrole nitrogens is 1. The van der Waals surface area contributed by atoms with Gasteiger partial charge >= 0.3 is 12.4 Å². The number of amides is 1. The van der Waals surface area contributed by atoms with E-state index in [0.29, 0.717) is 34.4 Å². The first-order chi connectivity index (χ1) is 16.3. The fourth-order valence-electron chi connectivity index (χ4n) is 3.35. The Morgan fingerprint density at radius 3 is 2.14 bits per heavy atom. The molecule has 0 bridgehead atoms. The van der Waals surface area contributed by atoms with Crippen LogP contribution >= 0.6 is 0 Å². The zero-order chi connectivity index (χ0) is 25.6. The van der Waals surface area contributed by atoms with Gasteiger partial charge in [-0.1, -0.05) is 30.3 Å². The Hall–Kier alpha value is -4.16. The van der Waals surface area contributed by atoms with Gasteiger partial charge in [0.05, 0.1) is 22.8 Å². The van der Waals surface area contributed by atoms with Crippen molar-refractivity contribution in [1.29, 1.82) is 0 Å². The van der Waals surface area contributed by atoms with Crippen molar-refractivity contribution in [2.24, 2.45) is 0 Å². The van der Waals surface area contributed by atoms with Gasteiger partial charge in [-0.3, -0.25) is 9.59 Å². The number of rotatable bonds is 4. The molecule has 2 aromatic heterocycles. The van der Waals surface area contributed by atoms with Crippen LogP contribution in [0, 0.1) is 0 Å². The highest BCUT2D eigenvalue weighted by Gasteiger charge is 2.69. The van der Waals surface area contributed by atoms with Crippen LogP contribution in [0.4, 0.5) is 32.0 Å². The topological polar surface area (TPSA) is 92.7 Å². The second kappa shape index (κ2) is 8.25. The molecule has 13 heteroatoms. The minimum absolute atomic E-state index is 0.0606. The Balaban J connectivity index is 1.57. The molecule has 0 spiro atoms. The number of hydrogen-bond donors (Lipinski definition) is 2. The Morgan fingerprint density at radius 1 is 0.943 bits per heavy atom. The summed E-state index contributed by atoms with van der Waals surface area (Å²) in [6.07, 6.45) is -10.4. The molecule has 0 unspecified atom stereocenters. The van der Waals surface area contributed by atoms with E-state index in [2.05, 4.69) is 20.6 Å². The summed E-state index contributed by atoms with van der Waals surface area (Å²) >= 11 is 0. The number of fused-ring (bicyclic) bond motifs is 1. The third-order valence-electron chi connectivity index (χ3n) is 5.52. The summed E-state index contributed by atoms with van der Waals surface area (Å²) in [6, 6.07) is 12.9. The molecule has 0 aliphatic rings. The molecule has 0 fully saturated rings. The van der Waals surface area contributed by atoms with E-state index in [0.717, 1.165) is 0 Å². The number of alkyl halides is 6. The highest BCUT2D eigenvalue weighted by molar-refractivity contribution is 6.04. The number of carbonyl (C=O) groups is 1. The van der Waals surface area contributed by atoms with Crippen LogP contribution in [0.5, 0.6) is 0 Å². The lowest BCUT2D eigenvalue weighted by atomic mass is 10.0. The molecule has 1 amide bonds. The lowest BCUT2D eigenvalue weighted by molar-refractivity contribution is -0.325. The Morgan fingerprint density at radius 2 is 1.54 bits per heavy atom. The summed E-state index contributed by atoms with van der Waals surface area (Å²) < 4.78 is 79.1. The van der Waals surface area contributed by atoms with E-state index in [4.69, 9.17) is 0 Å². The number of hydrogen-bond acceptors (Lipinski definition) is 4. The smallest absolute Gasteiger partial charge is 0.322 e. The van der Waals surface area contributed by atoms with Gasteiger partial charge in [0.15, 0.2) is 0 Å². The van der Waals surface area contributed by atoms with Crippen LogP contribution < -0.4 is 10.9 Å². The molecule has 0 saturated heterocycles. The van der Waals surface area contributed by atoms with Crippen molar-refractivity contribution in [3.05, 3.63) is 76.8 Å². The van der Waals surface area contributed by atoms with Crippen LogP contribution in [0.25, 0.3) is 22.0 Å². The molecule has 0 aliphatic heterocycles. The molecule has 4 aromatic rings. The fourth-order valence-corrected chi connectivity index (χ4v) is 3.35. The molecular weight excluding hydrogens is 480 g/mol. The molecule has 0 atom stereocenters. The summed E-state index contributed by atoms with van der Waals surface area (Å²) in [6.45, 7) is -0.0606. The van der Waals surface area contributed by atoms with Crippen LogP contribution in [0.1, 0.15) is 17.3 Å². The molecule has 2 heterocycles. The number of nitrogens with one attached hydrogen (secondary N) is 2. The predicted octanol–water partition coefficient (Wildman–Crippen LogP) is 4.88. The van der Waals surface area contributed by atoms with Gasteiger partial charge in [0.1, 0.15) is 0 Å². The first-order valence-corrected chi connectivity index (χ1v) is 9.91. The van der Waals surface area contributed by atoms with Crippen molar-refractivity contribution in [2.75, 3.05) is 5.32 Å².